The number of amides is 1. The SMILES string of the molecule is CCc1nc2c(Br)cc(C)cn2c1C(=O)Nc1ccc(F)c(F)c1. The Hall–Kier alpha value is -2.28. The average molecular weight is 394 g/mol. The molecule has 24 heavy (non-hydrogen) atoms. The number of carbonyl (C=O) groups excluding carboxylic acids is 1. The van der Waals surface area contributed by atoms with E-state index in [1.807, 2.05) is 26.1 Å². The van der Waals surface area contributed by atoms with Gasteiger partial charge in [0, 0.05) is 18.0 Å². The molecule has 2 aromatic heterocycles. The van der Waals surface area contributed by atoms with Crippen molar-refractivity contribution in [3.8, 4) is 0 Å². The summed E-state index contributed by atoms with van der Waals surface area (Å²) in [6.07, 6.45) is 2.38. The van der Waals surface area contributed by atoms with Crippen molar-refractivity contribution in [1.29, 1.82) is 0 Å². The summed E-state index contributed by atoms with van der Waals surface area (Å²) in [5, 5.41) is 2.60. The largest absolute Gasteiger partial charge is 0.321 e. The number of aromatic nitrogens is 2. The van der Waals surface area contributed by atoms with Crippen LogP contribution in [0.25, 0.3) is 5.65 Å². The van der Waals surface area contributed by atoms with Crippen molar-refractivity contribution in [3.63, 3.8) is 0 Å². The first-order chi connectivity index (χ1) is 11.4. The van der Waals surface area contributed by atoms with Crippen molar-refractivity contribution in [2.24, 2.45) is 0 Å². The van der Waals surface area contributed by atoms with E-state index in [4.69, 9.17) is 0 Å². The van der Waals surface area contributed by atoms with E-state index >= 15 is 0 Å². The molecule has 3 aromatic rings. The van der Waals surface area contributed by atoms with Crippen LogP contribution in [0.1, 0.15) is 28.7 Å². The molecule has 0 aliphatic heterocycles. The Morgan fingerprint density at radius 1 is 1.29 bits per heavy atom. The number of pyridine rings is 1. The molecule has 1 N–H and O–H groups in total. The van der Waals surface area contributed by atoms with Crippen LogP contribution in [0.5, 0.6) is 0 Å². The fourth-order valence-electron chi connectivity index (χ4n) is 2.53. The fraction of sp³-hybridized carbons (Fsp3) is 0.176. The van der Waals surface area contributed by atoms with Crippen LogP contribution in [0.15, 0.2) is 34.9 Å². The van der Waals surface area contributed by atoms with E-state index in [9.17, 15) is 13.6 Å². The number of rotatable bonds is 3. The van der Waals surface area contributed by atoms with E-state index in [0.29, 0.717) is 23.5 Å². The van der Waals surface area contributed by atoms with Gasteiger partial charge in [0.15, 0.2) is 17.3 Å². The summed E-state index contributed by atoms with van der Waals surface area (Å²) in [5.41, 5.74) is 2.77. The summed E-state index contributed by atoms with van der Waals surface area (Å²) in [6.45, 7) is 3.81. The smallest absolute Gasteiger partial charge is 0.274 e. The number of hydrogen-bond acceptors (Lipinski definition) is 2. The maximum atomic E-state index is 13.3. The Morgan fingerprint density at radius 3 is 2.71 bits per heavy atom. The van der Waals surface area contributed by atoms with E-state index in [0.717, 1.165) is 22.2 Å². The first kappa shape index (κ1) is 16.6. The lowest BCUT2D eigenvalue weighted by Crippen LogP contribution is -2.16. The summed E-state index contributed by atoms with van der Waals surface area (Å²) < 4.78 is 28.8. The molecule has 0 atom stereocenters. The van der Waals surface area contributed by atoms with Crippen molar-refractivity contribution in [1.82, 2.24) is 9.38 Å². The molecule has 7 heteroatoms. The van der Waals surface area contributed by atoms with Crippen LogP contribution in [0.3, 0.4) is 0 Å². The molecule has 0 unspecified atom stereocenters. The van der Waals surface area contributed by atoms with Crippen molar-refractivity contribution in [2.75, 3.05) is 5.32 Å². The molecule has 1 amide bonds. The van der Waals surface area contributed by atoms with Crippen LogP contribution in [0.2, 0.25) is 0 Å². The zero-order valence-electron chi connectivity index (χ0n) is 13.0. The van der Waals surface area contributed by atoms with Crippen molar-refractivity contribution >= 4 is 33.2 Å². The third-order valence-electron chi connectivity index (χ3n) is 3.61. The van der Waals surface area contributed by atoms with Gasteiger partial charge in [-0.3, -0.25) is 9.20 Å². The highest BCUT2D eigenvalue weighted by atomic mass is 79.9. The molecule has 0 fully saturated rings. The minimum atomic E-state index is -1.01. The monoisotopic (exact) mass is 393 g/mol. The number of benzene rings is 1. The summed E-state index contributed by atoms with van der Waals surface area (Å²) in [5.74, 6) is -2.40. The lowest BCUT2D eigenvalue weighted by Gasteiger charge is -2.08. The van der Waals surface area contributed by atoms with Gasteiger partial charge in [0.05, 0.1) is 10.2 Å². The normalized spacial score (nSPS) is 11.0. The standard InChI is InChI=1S/C17H14BrF2N3O/c1-3-14-15(23-8-9(2)6-11(18)16(23)22-14)17(24)21-10-4-5-12(19)13(20)7-10/h4-8H,3H2,1-2H3,(H,21,24). The van der Waals surface area contributed by atoms with Crippen molar-refractivity contribution in [2.45, 2.75) is 20.3 Å². The summed E-state index contributed by atoms with van der Waals surface area (Å²) in [4.78, 5) is 17.2. The third kappa shape index (κ3) is 2.91. The van der Waals surface area contributed by atoms with Gasteiger partial charge in [0.25, 0.3) is 5.91 Å². The number of carbonyl (C=O) groups is 1. The van der Waals surface area contributed by atoms with Gasteiger partial charge in [-0.2, -0.15) is 0 Å². The predicted molar refractivity (Wildman–Crippen MR) is 91.3 cm³/mol. The molecule has 2 heterocycles. The Kier molecular flexibility index (Phi) is 4.36. The van der Waals surface area contributed by atoms with Crippen LogP contribution in [0.4, 0.5) is 14.5 Å². The van der Waals surface area contributed by atoms with Crippen LogP contribution < -0.4 is 5.32 Å². The molecule has 0 saturated heterocycles. The number of nitrogens with zero attached hydrogens (tertiary/aromatic N) is 2. The highest BCUT2D eigenvalue weighted by molar-refractivity contribution is 9.10. The Morgan fingerprint density at radius 2 is 2.04 bits per heavy atom. The third-order valence-corrected chi connectivity index (χ3v) is 4.20. The van der Waals surface area contributed by atoms with Crippen molar-refractivity contribution < 1.29 is 13.6 Å². The minimum Gasteiger partial charge on any atom is -0.321 e. The van der Waals surface area contributed by atoms with Crippen LogP contribution >= 0.6 is 15.9 Å². The quantitative estimate of drug-likeness (QED) is 0.711. The van der Waals surface area contributed by atoms with E-state index < -0.39 is 17.5 Å². The molecular weight excluding hydrogens is 380 g/mol. The molecule has 0 bridgehead atoms. The molecule has 0 aliphatic carbocycles. The van der Waals surface area contributed by atoms with Gasteiger partial charge >= 0.3 is 0 Å². The molecule has 4 nitrogen and oxygen atoms in total. The van der Waals surface area contributed by atoms with E-state index in [1.165, 1.54) is 6.07 Å². The van der Waals surface area contributed by atoms with Crippen molar-refractivity contribution in [3.05, 3.63) is 63.5 Å². The van der Waals surface area contributed by atoms with E-state index in [-0.39, 0.29) is 5.69 Å². The maximum absolute atomic E-state index is 13.3. The van der Waals surface area contributed by atoms with Gasteiger partial charge in [-0.15, -0.1) is 0 Å². The van der Waals surface area contributed by atoms with Gasteiger partial charge in [0.1, 0.15) is 5.69 Å². The zero-order chi connectivity index (χ0) is 17.4. The summed E-state index contributed by atoms with van der Waals surface area (Å²) >= 11 is 3.45. The second-order valence-corrected chi connectivity index (χ2v) is 6.26. The number of halogens is 3. The number of nitrogens with one attached hydrogen (secondary N) is 1. The molecule has 1 aromatic carbocycles. The van der Waals surface area contributed by atoms with E-state index in [1.54, 1.807) is 4.40 Å². The van der Waals surface area contributed by atoms with Crippen LogP contribution in [-0.2, 0) is 6.42 Å². The maximum Gasteiger partial charge on any atom is 0.274 e. The van der Waals surface area contributed by atoms with Gasteiger partial charge < -0.3 is 5.32 Å². The highest BCUT2D eigenvalue weighted by Crippen LogP contribution is 2.24. The van der Waals surface area contributed by atoms with Crippen LogP contribution in [0, 0.1) is 18.6 Å². The minimum absolute atomic E-state index is 0.183. The summed E-state index contributed by atoms with van der Waals surface area (Å²) in [6, 6.07) is 5.15. The first-order valence-corrected chi connectivity index (χ1v) is 8.13. The second-order valence-electron chi connectivity index (χ2n) is 5.40. The Bertz CT molecular complexity index is 953. The second kappa shape index (κ2) is 6.32. The van der Waals surface area contributed by atoms with Gasteiger partial charge in [-0.1, -0.05) is 6.92 Å². The average Bonchev–Trinajstić information content (AvgIpc) is 2.89. The van der Waals surface area contributed by atoms with Crippen LogP contribution in [-0.4, -0.2) is 15.3 Å². The number of hydrogen-bond donors (Lipinski definition) is 1. The Balaban J connectivity index is 2.07. The topological polar surface area (TPSA) is 46.4 Å². The number of imidazole rings is 1. The number of fused-ring (bicyclic) bond motifs is 1. The lowest BCUT2D eigenvalue weighted by molar-refractivity contribution is 0.102. The van der Waals surface area contributed by atoms with Gasteiger partial charge in [0.2, 0.25) is 0 Å². The fourth-order valence-corrected chi connectivity index (χ4v) is 3.17. The molecule has 0 saturated carbocycles. The molecule has 0 radical (unpaired) electrons. The van der Waals surface area contributed by atoms with Gasteiger partial charge in [-0.25, -0.2) is 13.8 Å². The highest BCUT2D eigenvalue weighted by Gasteiger charge is 2.20. The molecular formula is C17H14BrF2N3O. The molecule has 0 aliphatic rings. The number of anilines is 1. The molecule has 3 rings (SSSR count). The molecule has 0 spiro atoms. The Labute approximate surface area is 145 Å². The zero-order valence-corrected chi connectivity index (χ0v) is 14.6. The van der Waals surface area contributed by atoms with E-state index in [2.05, 4.69) is 26.2 Å². The number of aryl methyl sites for hydroxylation is 2. The molecule has 124 valence electrons. The predicted octanol–water partition coefficient (Wildman–Crippen LogP) is 4.50. The summed E-state index contributed by atoms with van der Waals surface area (Å²) in [7, 11) is 0. The lowest BCUT2D eigenvalue weighted by atomic mass is 10.2. The van der Waals surface area contributed by atoms with Gasteiger partial charge in [-0.05, 0) is 53.0 Å². The first-order valence-electron chi connectivity index (χ1n) is 7.34.